The number of amides is 2. The van der Waals surface area contributed by atoms with Crippen LogP contribution in [-0.2, 0) is 16.1 Å². The van der Waals surface area contributed by atoms with Crippen LogP contribution in [0.25, 0.3) is 10.9 Å². The lowest BCUT2D eigenvalue weighted by Gasteiger charge is -2.24. The third-order valence-electron chi connectivity index (χ3n) is 5.61. The molecule has 3 aromatic rings. The number of anilines is 1. The summed E-state index contributed by atoms with van der Waals surface area (Å²) in [6.07, 6.45) is -0.0812. The molecule has 0 bridgehead atoms. The monoisotopic (exact) mass is 453 g/mol. The fourth-order valence-corrected chi connectivity index (χ4v) is 3.93. The van der Waals surface area contributed by atoms with Crippen LogP contribution in [0.2, 0.25) is 0 Å². The van der Waals surface area contributed by atoms with Gasteiger partial charge in [-0.05, 0) is 31.2 Å². The number of aromatic nitrogens is 2. The maximum Gasteiger partial charge on any atom is 0.306 e. The zero-order valence-electron chi connectivity index (χ0n) is 17.7. The van der Waals surface area contributed by atoms with E-state index < -0.39 is 22.3 Å². The molecule has 2 aromatic carbocycles. The molecule has 0 radical (unpaired) electrons. The Labute approximate surface area is 186 Å². The molecule has 2 heterocycles. The molecule has 0 aliphatic carbocycles. The number of carbonyl (C=O) groups excluding carboxylic acids is 2. The second kappa shape index (κ2) is 8.77. The number of nitrogens with zero attached hydrogens (tertiary/aromatic N) is 4. The highest BCUT2D eigenvalue weighted by Gasteiger charge is 2.37. The Morgan fingerprint density at radius 1 is 1.30 bits per heavy atom. The summed E-state index contributed by atoms with van der Waals surface area (Å²) in [5.41, 5.74) is -0.373. The minimum absolute atomic E-state index is 0.0125. The third-order valence-corrected chi connectivity index (χ3v) is 5.61. The Bertz CT molecular complexity index is 1320. The molecule has 0 saturated carbocycles. The number of fused-ring (bicyclic) bond motifs is 1. The average Bonchev–Trinajstić information content (AvgIpc) is 3.18. The van der Waals surface area contributed by atoms with Gasteiger partial charge in [-0.2, -0.15) is 4.39 Å². The molecule has 4 rings (SSSR count). The fourth-order valence-electron chi connectivity index (χ4n) is 3.93. The number of halogens is 1. The lowest BCUT2D eigenvalue weighted by Crippen LogP contribution is -2.37. The van der Waals surface area contributed by atoms with Crippen molar-refractivity contribution in [2.24, 2.45) is 5.92 Å². The van der Waals surface area contributed by atoms with Gasteiger partial charge < -0.3 is 14.8 Å². The molecule has 1 fully saturated rings. The second-order valence-electron chi connectivity index (χ2n) is 7.68. The number of nitro benzene ring substituents is 1. The first-order chi connectivity index (χ1) is 15.8. The van der Waals surface area contributed by atoms with Gasteiger partial charge in [0.25, 0.3) is 5.56 Å². The van der Waals surface area contributed by atoms with Gasteiger partial charge in [0.1, 0.15) is 5.82 Å². The van der Waals surface area contributed by atoms with E-state index in [4.69, 9.17) is 0 Å². The smallest absolute Gasteiger partial charge is 0.306 e. The molecule has 1 aromatic heterocycles. The molecule has 170 valence electrons. The first kappa shape index (κ1) is 22.1. The fraction of sp³-hybridized carbons (Fsp3) is 0.273. The van der Waals surface area contributed by atoms with Crippen LogP contribution in [0.5, 0.6) is 0 Å². The highest BCUT2D eigenvalue weighted by Crippen LogP contribution is 2.30. The molecule has 1 aliphatic rings. The Balaban J connectivity index is 1.53. The summed E-state index contributed by atoms with van der Waals surface area (Å²) >= 11 is 0. The molecule has 1 aliphatic heterocycles. The van der Waals surface area contributed by atoms with Gasteiger partial charge in [-0.3, -0.25) is 24.5 Å². The summed E-state index contributed by atoms with van der Waals surface area (Å²) in [6, 6.07) is 10.1. The van der Waals surface area contributed by atoms with Gasteiger partial charge in [0.05, 0.1) is 34.0 Å². The minimum atomic E-state index is -1.00. The van der Waals surface area contributed by atoms with Crippen LogP contribution in [0.3, 0.4) is 0 Å². The quantitative estimate of drug-likeness (QED) is 0.451. The summed E-state index contributed by atoms with van der Waals surface area (Å²) in [7, 11) is 0. The third kappa shape index (κ3) is 4.29. The number of hydrogen-bond acceptors (Lipinski definition) is 6. The van der Waals surface area contributed by atoms with E-state index in [1.807, 2.05) is 0 Å². The van der Waals surface area contributed by atoms with Gasteiger partial charge in [-0.15, -0.1) is 0 Å². The Morgan fingerprint density at radius 3 is 2.79 bits per heavy atom. The predicted octanol–water partition coefficient (Wildman–Crippen LogP) is 2.37. The van der Waals surface area contributed by atoms with Crippen molar-refractivity contribution in [2.75, 3.05) is 18.0 Å². The van der Waals surface area contributed by atoms with E-state index >= 15 is 0 Å². The van der Waals surface area contributed by atoms with E-state index in [2.05, 4.69) is 9.97 Å². The van der Waals surface area contributed by atoms with Crippen LogP contribution < -0.4 is 10.5 Å². The molecule has 1 atom stereocenters. The maximum atomic E-state index is 13.7. The highest BCUT2D eigenvalue weighted by molar-refractivity contribution is 6.00. The van der Waals surface area contributed by atoms with Crippen LogP contribution in [0.1, 0.15) is 19.2 Å². The number of H-pyrrole nitrogens is 1. The van der Waals surface area contributed by atoms with Gasteiger partial charge >= 0.3 is 5.69 Å². The molecule has 1 saturated heterocycles. The van der Waals surface area contributed by atoms with Crippen LogP contribution in [0, 0.1) is 21.8 Å². The first-order valence-corrected chi connectivity index (χ1v) is 10.3. The van der Waals surface area contributed by atoms with Crippen molar-refractivity contribution >= 4 is 34.1 Å². The van der Waals surface area contributed by atoms with E-state index in [9.17, 15) is 28.9 Å². The number of benzene rings is 2. The standard InChI is InChI=1S/C22H20FN5O5/c1-2-26(12-19-24-17-6-4-3-5-15(17)21(30)25-19)22(31)13-9-20(29)27(11-13)14-7-8-16(23)18(10-14)28(32)33/h3-8,10,13H,2,9,11-12H2,1H3,(H,24,25,30). The number of nitrogens with one attached hydrogen (secondary N) is 1. The van der Waals surface area contributed by atoms with Crippen LogP contribution in [0.4, 0.5) is 15.8 Å². The van der Waals surface area contributed by atoms with Crippen molar-refractivity contribution in [3.8, 4) is 0 Å². The topological polar surface area (TPSA) is 130 Å². The van der Waals surface area contributed by atoms with Crippen molar-refractivity contribution in [2.45, 2.75) is 19.9 Å². The summed E-state index contributed by atoms with van der Waals surface area (Å²) in [5, 5.41) is 11.5. The lowest BCUT2D eigenvalue weighted by atomic mass is 10.1. The lowest BCUT2D eigenvalue weighted by molar-refractivity contribution is -0.387. The van der Waals surface area contributed by atoms with E-state index in [1.54, 1.807) is 31.2 Å². The zero-order valence-corrected chi connectivity index (χ0v) is 17.7. The molecule has 33 heavy (non-hydrogen) atoms. The van der Waals surface area contributed by atoms with Crippen molar-refractivity contribution in [1.82, 2.24) is 14.9 Å². The molecular weight excluding hydrogens is 433 g/mol. The molecule has 2 amide bonds. The Hall–Kier alpha value is -4.15. The number of hydrogen-bond donors (Lipinski definition) is 1. The van der Waals surface area contributed by atoms with E-state index in [1.165, 1.54) is 15.9 Å². The van der Waals surface area contributed by atoms with Gasteiger partial charge in [0, 0.05) is 25.6 Å². The number of aromatic amines is 1. The highest BCUT2D eigenvalue weighted by atomic mass is 19.1. The number of carbonyl (C=O) groups is 2. The van der Waals surface area contributed by atoms with Gasteiger partial charge in [0.15, 0.2) is 0 Å². The number of rotatable bonds is 6. The molecule has 0 spiro atoms. The average molecular weight is 453 g/mol. The Kier molecular flexibility index (Phi) is 5.86. The predicted molar refractivity (Wildman–Crippen MR) is 117 cm³/mol. The molecule has 11 heteroatoms. The second-order valence-corrected chi connectivity index (χ2v) is 7.68. The van der Waals surface area contributed by atoms with E-state index in [0.29, 0.717) is 23.3 Å². The molecule has 10 nitrogen and oxygen atoms in total. The maximum absolute atomic E-state index is 13.7. The van der Waals surface area contributed by atoms with E-state index in [0.717, 1.165) is 12.1 Å². The zero-order chi connectivity index (χ0) is 23.7. The minimum Gasteiger partial charge on any atom is -0.335 e. The molecule has 1 unspecified atom stereocenters. The van der Waals surface area contributed by atoms with Crippen LogP contribution >= 0.6 is 0 Å². The normalized spacial score (nSPS) is 15.8. The van der Waals surface area contributed by atoms with Crippen LogP contribution in [0.15, 0.2) is 47.3 Å². The summed E-state index contributed by atoms with van der Waals surface area (Å²) in [6.45, 7) is 2.16. The number of nitro groups is 1. The van der Waals surface area contributed by atoms with Crippen molar-refractivity contribution in [1.29, 1.82) is 0 Å². The number of para-hydroxylation sites is 1. The van der Waals surface area contributed by atoms with E-state index in [-0.39, 0.29) is 42.6 Å². The SMILES string of the molecule is CCN(Cc1nc2ccccc2c(=O)[nH]1)C(=O)C1CC(=O)N(c2ccc(F)c([N+](=O)[O-])c2)C1. The van der Waals surface area contributed by atoms with Gasteiger partial charge in [-0.1, -0.05) is 12.1 Å². The Morgan fingerprint density at radius 2 is 2.06 bits per heavy atom. The van der Waals surface area contributed by atoms with Crippen LogP contribution in [-0.4, -0.2) is 44.7 Å². The molecule has 1 N–H and O–H groups in total. The summed E-state index contributed by atoms with van der Waals surface area (Å²) < 4.78 is 13.7. The van der Waals surface area contributed by atoms with Crippen molar-refractivity contribution < 1.29 is 18.9 Å². The van der Waals surface area contributed by atoms with Gasteiger partial charge in [0.2, 0.25) is 17.6 Å². The van der Waals surface area contributed by atoms with Crippen molar-refractivity contribution in [3.63, 3.8) is 0 Å². The largest absolute Gasteiger partial charge is 0.335 e. The van der Waals surface area contributed by atoms with Crippen molar-refractivity contribution in [3.05, 3.63) is 74.6 Å². The molecular formula is C22H20FN5O5. The van der Waals surface area contributed by atoms with Gasteiger partial charge in [-0.25, -0.2) is 4.98 Å². The first-order valence-electron chi connectivity index (χ1n) is 10.3. The summed E-state index contributed by atoms with van der Waals surface area (Å²) in [5.74, 6) is -2.06. The summed E-state index contributed by atoms with van der Waals surface area (Å²) in [4.78, 5) is 58.0.